The minimum Gasteiger partial charge on any atom is -0.358 e. The van der Waals surface area contributed by atoms with Crippen molar-refractivity contribution in [3.05, 3.63) is 46.8 Å². The van der Waals surface area contributed by atoms with Crippen LogP contribution in [0.15, 0.2) is 36.7 Å². The molecule has 138 valence electrons. The fourth-order valence-corrected chi connectivity index (χ4v) is 5.00. The van der Waals surface area contributed by atoms with Crippen molar-refractivity contribution in [2.45, 2.75) is 18.9 Å². The van der Waals surface area contributed by atoms with Gasteiger partial charge in [-0.25, -0.2) is 4.68 Å². The largest absolute Gasteiger partial charge is 0.363 e. The second-order valence-corrected chi connectivity index (χ2v) is 8.20. The fraction of sp³-hybridized carbons (Fsp3) is 0.389. The molecule has 0 spiro atoms. The van der Waals surface area contributed by atoms with Crippen LogP contribution in [0.25, 0.3) is 21.0 Å². The Bertz CT molecular complexity index is 974. The molecule has 27 heavy (non-hydrogen) atoms. The molecule has 8 nitrogen and oxygen atoms in total. The highest BCUT2D eigenvalue weighted by atomic mass is 32.1. The molecule has 0 amide bonds. The zero-order valence-corrected chi connectivity index (χ0v) is 15.4. The van der Waals surface area contributed by atoms with Gasteiger partial charge in [-0.1, -0.05) is 5.21 Å². The average Bonchev–Trinajstić information content (AvgIpc) is 3.38. The molecule has 3 saturated heterocycles. The van der Waals surface area contributed by atoms with Crippen molar-refractivity contribution in [1.82, 2.24) is 24.9 Å². The molecule has 2 bridgehead atoms. The second-order valence-electron chi connectivity index (χ2n) is 7.12. The lowest BCUT2D eigenvalue weighted by atomic mass is 9.84. The lowest BCUT2D eigenvalue weighted by Crippen LogP contribution is -2.48. The molecule has 3 fully saturated rings. The third kappa shape index (κ3) is 3.02. The van der Waals surface area contributed by atoms with Gasteiger partial charge >= 0.3 is 5.82 Å². The Hall–Kier alpha value is -2.65. The van der Waals surface area contributed by atoms with Crippen LogP contribution in [0, 0.1) is 16.0 Å². The molecule has 0 aliphatic carbocycles. The summed E-state index contributed by atoms with van der Waals surface area (Å²) in [5, 5.41) is 19.5. The van der Waals surface area contributed by atoms with Crippen molar-refractivity contribution in [3.63, 3.8) is 0 Å². The molecule has 3 aromatic rings. The van der Waals surface area contributed by atoms with Crippen LogP contribution in [-0.2, 0) is 0 Å². The van der Waals surface area contributed by atoms with Crippen molar-refractivity contribution < 1.29 is 4.92 Å². The number of nitrogens with zero attached hydrogens (tertiary/aromatic N) is 6. The number of rotatable bonds is 4. The van der Waals surface area contributed by atoms with E-state index in [9.17, 15) is 10.1 Å². The van der Waals surface area contributed by atoms with E-state index in [1.807, 2.05) is 16.8 Å². The number of aromatic nitrogens is 4. The molecule has 0 N–H and O–H groups in total. The monoisotopic (exact) mass is 382 g/mol. The summed E-state index contributed by atoms with van der Waals surface area (Å²) in [5.74, 6) is 0.561. The molecule has 3 aromatic heterocycles. The first kappa shape index (κ1) is 16.5. The number of hydrogen-bond acceptors (Lipinski definition) is 7. The van der Waals surface area contributed by atoms with E-state index in [1.165, 1.54) is 38.2 Å². The Kier molecular flexibility index (Phi) is 3.98. The van der Waals surface area contributed by atoms with Crippen LogP contribution >= 0.6 is 11.3 Å². The first-order chi connectivity index (χ1) is 13.2. The number of hydrogen-bond donors (Lipinski definition) is 0. The van der Waals surface area contributed by atoms with E-state index >= 15 is 0 Å². The van der Waals surface area contributed by atoms with Crippen LogP contribution in [0.2, 0.25) is 0 Å². The van der Waals surface area contributed by atoms with Crippen LogP contribution in [0.4, 0.5) is 5.82 Å². The molecule has 0 aromatic carbocycles. The van der Waals surface area contributed by atoms with Gasteiger partial charge in [0.05, 0.1) is 17.1 Å². The Balaban J connectivity index is 1.37. The highest BCUT2D eigenvalue weighted by molar-refractivity contribution is 7.18. The lowest BCUT2D eigenvalue weighted by Gasteiger charge is -2.44. The van der Waals surface area contributed by atoms with E-state index in [-0.39, 0.29) is 5.82 Å². The fourth-order valence-electron chi connectivity index (χ4n) is 4.06. The molecular weight excluding hydrogens is 364 g/mol. The summed E-state index contributed by atoms with van der Waals surface area (Å²) in [7, 11) is 0. The van der Waals surface area contributed by atoms with Crippen molar-refractivity contribution in [1.29, 1.82) is 0 Å². The summed E-state index contributed by atoms with van der Waals surface area (Å²) in [4.78, 5) is 18.7. The first-order valence-corrected chi connectivity index (χ1v) is 9.84. The highest BCUT2D eigenvalue weighted by Gasteiger charge is 2.35. The van der Waals surface area contributed by atoms with Crippen LogP contribution in [0.1, 0.15) is 18.9 Å². The molecular formula is C18H18N6O2S. The van der Waals surface area contributed by atoms with Gasteiger partial charge in [-0.15, -0.1) is 16.4 Å². The normalized spacial score (nSPS) is 24.2. The predicted molar refractivity (Wildman–Crippen MR) is 101 cm³/mol. The van der Waals surface area contributed by atoms with Gasteiger partial charge in [0.25, 0.3) is 0 Å². The molecule has 6 heterocycles. The van der Waals surface area contributed by atoms with E-state index in [2.05, 4.69) is 26.4 Å². The van der Waals surface area contributed by atoms with Gasteiger partial charge in [0.2, 0.25) is 0 Å². The maximum Gasteiger partial charge on any atom is 0.363 e. The SMILES string of the molecule is O=[N+]([O-])c1ccc(-c2ccc(-c3cn(C4CN5CCC4CC5)nn3)s2)cn1. The standard InChI is InChI=1S/C18H18N6O2S/c25-24(26)18-4-1-13(9-19-18)16-2-3-17(27-16)14-10-23(21-20-14)15-11-22-7-5-12(15)6-8-22/h1-4,9-10,12,15H,5-8,11H2. The van der Waals surface area contributed by atoms with E-state index in [4.69, 9.17) is 0 Å². The number of piperidine rings is 3. The first-order valence-electron chi connectivity index (χ1n) is 9.02. The summed E-state index contributed by atoms with van der Waals surface area (Å²) in [5.41, 5.74) is 1.74. The molecule has 0 saturated carbocycles. The third-order valence-electron chi connectivity index (χ3n) is 5.55. The quantitative estimate of drug-likeness (QED) is 0.508. The Morgan fingerprint density at radius 1 is 1.15 bits per heavy atom. The summed E-state index contributed by atoms with van der Waals surface area (Å²) in [6.07, 6.45) is 6.08. The minimum absolute atomic E-state index is 0.143. The Morgan fingerprint density at radius 2 is 1.96 bits per heavy atom. The molecule has 6 rings (SSSR count). The average molecular weight is 382 g/mol. The van der Waals surface area contributed by atoms with Gasteiger partial charge in [0.15, 0.2) is 0 Å². The minimum atomic E-state index is -0.490. The summed E-state index contributed by atoms with van der Waals surface area (Å²) in [6, 6.07) is 7.60. The molecule has 9 heteroatoms. The van der Waals surface area contributed by atoms with Gasteiger partial charge in [0.1, 0.15) is 11.9 Å². The molecule has 3 aliphatic rings. The topological polar surface area (TPSA) is 90.0 Å². The summed E-state index contributed by atoms with van der Waals surface area (Å²) < 4.78 is 2.04. The van der Waals surface area contributed by atoms with Crippen molar-refractivity contribution in [2.24, 2.45) is 5.92 Å². The highest BCUT2D eigenvalue weighted by Crippen LogP contribution is 2.37. The number of thiophene rings is 1. The Morgan fingerprint density at radius 3 is 2.63 bits per heavy atom. The van der Waals surface area contributed by atoms with E-state index < -0.39 is 4.92 Å². The zero-order valence-electron chi connectivity index (χ0n) is 14.6. The van der Waals surface area contributed by atoms with Gasteiger partial charge in [-0.2, -0.15) is 0 Å². The number of pyridine rings is 1. The maximum absolute atomic E-state index is 10.7. The second kappa shape index (κ2) is 6.50. The van der Waals surface area contributed by atoms with Gasteiger partial charge in [0, 0.05) is 23.1 Å². The van der Waals surface area contributed by atoms with Crippen molar-refractivity contribution in [3.8, 4) is 21.0 Å². The van der Waals surface area contributed by atoms with E-state index in [0.29, 0.717) is 12.0 Å². The number of nitro groups is 1. The van der Waals surface area contributed by atoms with Gasteiger partial charge in [-0.3, -0.25) is 0 Å². The molecule has 0 radical (unpaired) electrons. The van der Waals surface area contributed by atoms with E-state index in [1.54, 1.807) is 17.4 Å². The molecule has 1 unspecified atom stereocenters. The smallest absolute Gasteiger partial charge is 0.358 e. The Labute approximate surface area is 159 Å². The number of fused-ring (bicyclic) bond motifs is 3. The lowest BCUT2D eigenvalue weighted by molar-refractivity contribution is -0.389. The molecule has 1 atom stereocenters. The van der Waals surface area contributed by atoms with Crippen molar-refractivity contribution >= 4 is 17.2 Å². The summed E-state index contributed by atoms with van der Waals surface area (Å²) >= 11 is 1.59. The molecule has 3 aliphatic heterocycles. The predicted octanol–water partition coefficient (Wildman–Crippen LogP) is 3.24. The summed E-state index contributed by atoms with van der Waals surface area (Å²) in [6.45, 7) is 3.48. The third-order valence-corrected chi connectivity index (χ3v) is 6.71. The van der Waals surface area contributed by atoms with Crippen LogP contribution in [0.5, 0.6) is 0 Å². The van der Waals surface area contributed by atoms with Crippen molar-refractivity contribution in [2.75, 3.05) is 19.6 Å². The van der Waals surface area contributed by atoms with Gasteiger partial charge in [-0.05, 0) is 60.0 Å². The van der Waals surface area contributed by atoms with Crippen LogP contribution in [0.3, 0.4) is 0 Å². The maximum atomic E-state index is 10.7. The van der Waals surface area contributed by atoms with E-state index in [0.717, 1.165) is 27.6 Å². The zero-order chi connectivity index (χ0) is 18.4. The van der Waals surface area contributed by atoms with Crippen LogP contribution < -0.4 is 0 Å². The van der Waals surface area contributed by atoms with Crippen LogP contribution in [-0.4, -0.2) is 49.4 Å². The van der Waals surface area contributed by atoms with Gasteiger partial charge < -0.3 is 15.0 Å².